The summed E-state index contributed by atoms with van der Waals surface area (Å²) >= 11 is 3.50. The standard InChI is InChI=1S/C11H13Br/c1-11(2)6-8-3-4-10(12)5-9(8)7-11/h3-5H,6-7H2,1-2H3. The molecule has 0 N–H and O–H groups in total. The highest BCUT2D eigenvalue weighted by molar-refractivity contribution is 9.10. The molecule has 0 unspecified atom stereocenters. The monoisotopic (exact) mass is 224 g/mol. The van der Waals surface area contributed by atoms with Crippen LogP contribution in [0.1, 0.15) is 25.0 Å². The highest BCUT2D eigenvalue weighted by Crippen LogP contribution is 2.36. The first kappa shape index (κ1) is 8.31. The Labute approximate surface area is 82.1 Å². The second kappa shape index (κ2) is 2.59. The van der Waals surface area contributed by atoms with E-state index in [1.165, 1.54) is 28.4 Å². The first-order valence-electron chi connectivity index (χ1n) is 4.34. The lowest BCUT2D eigenvalue weighted by Gasteiger charge is -2.14. The van der Waals surface area contributed by atoms with Crippen molar-refractivity contribution < 1.29 is 0 Å². The molecule has 0 saturated heterocycles. The molecule has 0 heterocycles. The molecule has 0 spiro atoms. The van der Waals surface area contributed by atoms with E-state index in [-0.39, 0.29) is 0 Å². The van der Waals surface area contributed by atoms with Crippen LogP contribution in [0.2, 0.25) is 0 Å². The Kier molecular flexibility index (Phi) is 1.80. The number of hydrogen-bond donors (Lipinski definition) is 0. The molecular formula is C11H13Br. The van der Waals surface area contributed by atoms with Crippen LogP contribution < -0.4 is 0 Å². The molecule has 12 heavy (non-hydrogen) atoms. The summed E-state index contributed by atoms with van der Waals surface area (Å²) in [6.45, 7) is 4.67. The fraction of sp³-hybridized carbons (Fsp3) is 0.455. The normalized spacial score (nSPS) is 19.2. The van der Waals surface area contributed by atoms with Gasteiger partial charge >= 0.3 is 0 Å². The lowest BCUT2D eigenvalue weighted by molar-refractivity contribution is 0.392. The maximum absolute atomic E-state index is 3.50. The Hall–Kier alpha value is -0.300. The number of fused-ring (bicyclic) bond motifs is 1. The molecule has 1 aromatic rings. The molecule has 0 aliphatic heterocycles. The van der Waals surface area contributed by atoms with Crippen LogP contribution in [0.4, 0.5) is 0 Å². The van der Waals surface area contributed by atoms with Crippen molar-refractivity contribution >= 4 is 15.9 Å². The smallest absolute Gasteiger partial charge is 0.0178 e. The van der Waals surface area contributed by atoms with Gasteiger partial charge < -0.3 is 0 Å². The molecule has 1 aliphatic carbocycles. The summed E-state index contributed by atoms with van der Waals surface area (Å²) in [5.74, 6) is 0. The van der Waals surface area contributed by atoms with E-state index in [1.54, 1.807) is 0 Å². The van der Waals surface area contributed by atoms with Gasteiger partial charge in [0, 0.05) is 4.47 Å². The summed E-state index contributed by atoms with van der Waals surface area (Å²) in [6.07, 6.45) is 2.46. The SMILES string of the molecule is CC1(C)Cc2ccc(Br)cc2C1. The Morgan fingerprint density at radius 3 is 2.58 bits per heavy atom. The Bertz CT molecular complexity index is 313. The van der Waals surface area contributed by atoms with Crippen LogP contribution in [0.5, 0.6) is 0 Å². The largest absolute Gasteiger partial charge is 0.0593 e. The van der Waals surface area contributed by atoms with Crippen LogP contribution in [-0.2, 0) is 12.8 Å². The average molecular weight is 225 g/mol. The van der Waals surface area contributed by atoms with Gasteiger partial charge in [0.1, 0.15) is 0 Å². The van der Waals surface area contributed by atoms with E-state index in [9.17, 15) is 0 Å². The molecule has 1 heteroatoms. The van der Waals surface area contributed by atoms with Gasteiger partial charge in [-0.25, -0.2) is 0 Å². The van der Waals surface area contributed by atoms with E-state index in [0.29, 0.717) is 5.41 Å². The molecule has 1 aromatic carbocycles. The summed E-state index contributed by atoms with van der Waals surface area (Å²) in [4.78, 5) is 0. The molecular weight excluding hydrogens is 212 g/mol. The van der Waals surface area contributed by atoms with Gasteiger partial charge in [-0.05, 0) is 41.5 Å². The zero-order valence-corrected chi connectivity index (χ0v) is 9.11. The fourth-order valence-electron chi connectivity index (χ4n) is 2.03. The molecule has 64 valence electrons. The van der Waals surface area contributed by atoms with Crippen LogP contribution in [0.15, 0.2) is 22.7 Å². The van der Waals surface area contributed by atoms with Crippen LogP contribution >= 0.6 is 15.9 Å². The minimum absolute atomic E-state index is 0.475. The molecule has 0 fully saturated rings. The number of hydrogen-bond acceptors (Lipinski definition) is 0. The summed E-state index contributed by atoms with van der Waals surface area (Å²) in [5.41, 5.74) is 3.53. The van der Waals surface area contributed by atoms with Gasteiger partial charge in [-0.3, -0.25) is 0 Å². The van der Waals surface area contributed by atoms with Crippen molar-refractivity contribution in [1.29, 1.82) is 0 Å². The van der Waals surface area contributed by atoms with Crippen LogP contribution in [0, 0.1) is 5.41 Å². The zero-order valence-electron chi connectivity index (χ0n) is 7.52. The average Bonchev–Trinajstić information content (AvgIpc) is 2.21. The predicted octanol–water partition coefficient (Wildman–Crippen LogP) is 3.57. The molecule has 0 saturated carbocycles. The Morgan fingerprint density at radius 1 is 1.17 bits per heavy atom. The Morgan fingerprint density at radius 2 is 1.83 bits per heavy atom. The van der Waals surface area contributed by atoms with Crippen molar-refractivity contribution in [1.82, 2.24) is 0 Å². The van der Waals surface area contributed by atoms with E-state index in [2.05, 4.69) is 48.0 Å². The molecule has 0 atom stereocenters. The van der Waals surface area contributed by atoms with Crippen LogP contribution in [0.25, 0.3) is 0 Å². The topological polar surface area (TPSA) is 0 Å². The molecule has 0 radical (unpaired) electrons. The van der Waals surface area contributed by atoms with Crippen molar-refractivity contribution in [3.8, 4) is 0 Å². The third-order valence-corrected chi connectivity index (χ3v) is 3.00. The minimum Gasteiger partial charge on any atom is -0.0593 e. The first-order chi connectivity index (χ1) is 5.57. The quantitative estimate of drug-likeness (QED) is 0.633. The number of benzene rings is 1. The van der Waals surface area contributed by atoms with Crippen LogP contribution in [0.3, 0.4) is 0 Å². The lowest BCUT2D eigenvalue weighted by atomic mass is 9.90. The highest BCUT2D eigenvalue weighted by Gasteiger charge is 2.27. The van der Waals surface area contributed by atoms with Gasteiger partial charge in [-0.2, -0.15) is 0 Å². The molecule has 0 amide bonds. The summed E-state index contributed by atoms with van der Waals surface area (Å²) in [5, 5.41) is 0. The van der Waals surface area contributed by atoms with Gasteiger partial charge in [0.05, 0.1) is 0 Å². The number of halogens is 1. The molecule has 1 aliphatic rings. The van der Waals surface area contributed by atoms with Gasteiger partial charge in [-0.1, -0.05) is 35.8 Å². The summed E-state index contributed by atoms with van der Waals surface area (Å²) in [6, 6.07) is 6.64. The van der Waals surface area contributed by atoms with Crippen molar-refractivity contribution in [3.63, 3.8) is 0 Å². The molecule has 2 rings (SSSR count). The van der Waals surface area contributed by atoms with E-state index < -0.39 is 0 Å². The third-order valence-electron chi connectivity index (χ3n) is 2.51. The van der Waals surface area contributed by atoms with Crippen molar-refractivity contribution in [2.45, 2.75) is 26.7 Å². The Balaban J connectivity index is 2.43. The number of rotatable bonds is 0. The highest BCUT2D eigenvalue weighted by atomic mass is 79.9. The first-order valence-corrected chi connectivity index (χ1v) is 5.13. The second-order valence-corrected chi connectivity index (χ2v) is 5.35. The van der Waals surface area contributed by atoms with E-state index in [0.717, 1.165) is 0 Å². The van der Waals surface area contributed by atoms with E-state index in [4.69, 9.17) is 0 Å². The third kappa shape index (κ3) is 1.42. The molecule has 0 aromatic heterocycles. The predicted molar refractivity (Wildman–Crippen MR) is 55.3 cm³/mol. The maximum Gasteiger partial charge on any atom is 0.0178 e. The van der Waals surface area contributed by atoms with Crippen molar-refractivity contribution in [2.24, 2.45) is 5.41 Å². The van der Waals surface area contributed by atoms with Gasteiger partial charge in [0.2, 0.25) is 0 Å². The van der Waals surface area contributed by atoms with Gasteiger partial charge in [0.15, 0.2) is 0 Å². The van der Waals surface area contributed by atoms with Gasteiger partial charge in [0.25, 0.3) is 0 Å². The van der Waals surface area contributed by atoms with Crippen molar-refractivity contribution in [3.05, 3.63) is 33.8 Å². The molecule has 0 nitrogen and oxygen atoms in total. The summed E-state index contributed by atoms with van der Waals surface area (Å²) < 4.78 is 1.21. The van der Waals surface area contributed by atoms with Crippen molar-refractivity contribution in [2.75, 3.05) is 0 Å². The zero-order chi connectivity index (χ0) is 8.77. The summed E-state index contributed by atoms with van der Waals surface area (Å²) in [7, 11) is 0. The second-order valence-electron chi connectivity index (χ2n) is 4.43. The maximum atomic E-state index is 3.50. The van der Waals surface area contributed by atoms with Crippen LogP contribution in [-0.4, -0.2) is 0 Å². The minimum atomic E-state index is 0.475. The van der Waals surface area contributed by atoms with Gasteiger partial charge in [-0.15, -0.1) is 0 Å². The van der Waals surface area contributed by atoms with E-state index >= 15 is 0 Å². The lowest BCUT2D eigenvalue weighted by Crippen LogP contribution is -2.09. The fourth-order valence-corrected chi connectivity index (χ4v) is 2.43. The molecule has 0 bridgehead atoms. The van der Waals surface area contributed by atoms with E-state index in [1.807, 2.05) is 0 Å².